The molecule has 0 spiro atoms. The van der Waals surface area contributed by atoms with Crippen LogP contribution in [-0.2, 0) is 11.0 Å². The molecule has 1 unspecified atom stereocenters. The second kappa shape index (κ2) is 9.50. The summed E-state index contributed by atoms with van der Waals surface area (Å²) < 4.78 is 41.1. The molecule has 0 aliphatic heterocycles. The molecule has 0 saturated carbocycles. The molecule has 5 nitrogen and oxygen atoms in total. The number of nitrogens with zero attached hydrogens (tertiary/aromatic N) is 3. The summed E-state index contributed by atoms with van der Waals surface area (Å²) in [5.41, 5.74) is 0.764. The van der Waals surface area contributed by atoms with Gasteiger partial charge in [-0.2, -0.15) is 13.2 Å². The quantitative estimate of drug-likeness (QED) is 0.349. The topological polar surface area (TPSA) is 59.8 Å². The van der Waals surface area contributed by atoms with Gasteiger partial charge in [-0.3, -0.25) is 9.36 Å². The number of carbonyl (C=O) groups excluding carboxylic acids is 1. The molecule has 33 heavy (non-hydrogen) atoms. The number of para-hydroxylation sites is 1. The van der Waals surface area contributed by atoms with Crippen LogP contribution in [0.25, 0.3) is 5.69 Å². The van der Waals surface area contributed by atoms with Crippen LogP contribution in [-0.4, -0.2) is 20.7 Å². The third-order valence-electron chi connectivity index (χ3n) is 4.83. The van der Waals surface area contributed by atoms with E-state index in [1.54, 1.807) is 24.3 Å². The number of halogens is 3. The maximum Gasteiger partial charge on any atom is 0.416 e. The number of hydrogen-bond donors (Lipinski definition) is 1. The number of benzene rings is 3. The number of nitrogens with one attached hydrogen (secondary N) is 1. The molecular weight excluding hydrogens is 449 g/mol. The number of anilines is 1. The molecule has 0 fully saturated rings. The van der Waals surface area contributed by atoms with E-state index < -0.39 is 22.9 Å². The first-order chi connectivity index (χ1) is 15.8. The van der Waals surface area contributed by atoms with Gasteiger partial charge in [-0.05, 0) is 42.8 Å². The summed E-state index contributed by atoms with van der Waals surface area (Å²) in [4.78, 5) is 13.3. The van der Waals surface area contributed by atoms with Gasteiger partial charge in [0.2, 0.25) is 5.91 Å². The first-order valence-electron chi connectivity index (χ1n) is 10.00. The van der Waals surface area contributed by atoms with Crippen LogP contribution in [0.3, 0.4) is 0 Å². The molecule has 0 aliphatic carbocycles. The highest BCUT2D eigenvalue weighted by Gasteiger charge is 2.31. The third kappa shape index (κ3) is 5.25. The van der Waals surface area contributed by atoms with E-state index in [1.165, 1.54) is 23.9 Å². The van der Waals surface area contributed by atoms with Gasteiger partial charge >= 0.3 is 6.18 Å². The summed E-state index contributed by atoms with van der Waals surface area (Å²) in [6.07, 6.45) is -4.50. The van der Waals surface area contributed by atoms with Crippen molar-refractivity contribution < 1.29 is 18.0 Å². The summed E-state index contributed by atoms with van der Waals surface area (Å²) in [5.74, 6) is 0.180. The van der Waals surface area contributed by atoms with E-state index in [9.17, 15) is 18.0 Å². The molecule has 4 rings (SSSR count). The van der Waals surface area contributed by atoms with Crippen LogP contribution >= 0.6 is 11.8 Å². The largest absolute Gasteiger partial charge is 0.416 e. The van der Waals surface area contributed by atoms with E-state index >= 15 is 0 Å². The van der Waals surface area contributed by atoms with E-state index in [0.29, 0.717) is 16.5 Å². The zero-order chi connectivity index (χ0) is 23.4. The minimum Gasteiger partial charge on any atom is -0.325 e. The molecule has 1 N–H and O–H groups in total. The number of aromatic nitrogens is 3. The third-order valence-corrected chi connectivity index (χ3v) is 6.03. The van der Waals surface area contributed by atoms with Crippen molar-refractivity contribution in [3.05, 3.63) is 102 Å². The van der Waals surface area contributed by atoms with Crippen LogP contribution in [0.5, 0.6) is 0 Å². The molecule has 0 aliphatic rings. The molecule has 1 aromatic heterocycles. The van der Waals surface area contributed by atoms with Crippen molar-refractivity contribution in [2.75, 3.05) is 5.32 Å². The Morgan fingerprint density at radius 2 is 1.61 bits per heavy atom. The molecule has 0 bridgehead atoms. The monoisotopic (exact) mass is 468 g/mol. The van der Waals surface area contributed by atoms with Crippen molar-refractivity contribution in [1.29, 1.82) is 0 Å². The molecule has 4 aromatic rings. The van der Waals surface area contributed by atoms with Crippen molar-refractivity contribution in [3.63, 3.8) is 0 Å². The Hall–Kier alpha value is -3.59. The Balaban J connectivity index is 1.66. The van der Waals surface area contributed by atoms with Gasteiger partial charge in [0.1, 0.15) is 11.1 Å². The molecule has 9 heteroatoms. The number of thioether (sulfide) groups is 1. The highest BCUT2D eigenvalue weighted by molar-refractivity contribution is 8.00. The lowest BCUT2D eigenvalue weighted by Gasteiger charge is -2.18. The summed E-state index contributed by atoms with van der Waals surface area (Å²) in [6.45, 7) is 1.81. The Labute approximate surface area is 192 Å². The minimum atomic E-state index is -4.50. The van der Waals surface area contributed by atoms with Crippen LogP contribution in [0.2, 0.25) is 0 Å². The standard InChI is InChI=1S/C24H19F3N4OS/c1-16-29-30-23(31(16)20-13-6-3-7-14-20)33-21(17-9-4-2-5-10-17)22(32)28-19-12-8-11-18(15-19)24(25,26)27/h2-15,21H,1H3,(H,28,32). The molecule has 168 valence electrons. The Morgan fingerprint density at radius 1 is 0.939 bits per heavy atom. The number of amides is 1. The van der Waals surface area contributed by atoms with Gasteiger partial charge in [-0.1, -0.05) is 66.4 Å². The highest BCUT2D eigenvalue weighted by Crippen LogP contribution is 2.37. The lowest BCUT2D eigenvalue weighted by molar-refractivity contribution is -0.137. The molecular formula is C24H19F3N4OS. The number of rotatable bonds is 6. The SMILES string of the molecule is Cc1nnc(SC(C(=O)Nc2cccc(C(F)(F)F)c2)c2ccccc2)n1-c1ccccc1. The van der Waals surface area contributed by atoms with E-state index in [2.05, 4.69) is 15.5 Å². The maximum absolute atomic E-state index is 13.3. The molecule has 0 saturated heterocycles. The Kier molecular flexibility index (Phi) is 6.50. The molecule has 1 heterocycles. The number of alkyl halides is 3. The predicted molar refractivity (Wildman–Crippen MR) is 121 cm³/mol. The zero-order valence-electron chi connectivity index (χ0n) is 17.5. The lowest BCUT2D eigenvalue weighted by Crippen LogP contribution is -2.20. The van der Waals surface area contributed by atoms with Crippen LogP contribution in [0.1, 0.15) is 22.2 Å². The minimum absolute atomic E-state index is 0.0667. The van der Waals surface area contributed by atoms with Gasteiger partial charge in [0.15, 0.2) is 5.16 Å². The van der Waals surface area contributed by atoms with Crippen LogP contribution < -0.4 is 5.32 Å². The van der Waals surface area contributed by atoms with Crippen LogP contribution in [0, 0.1) is 6.92 Å². The van der Waals surface area contributed by atoms with Gasteiger partial charge in [0.05, 0.1) is 5.56 Å². The first kappa shape index (κ1) is 22.6. The summed E-state index contributed by atoms with van der Waals surface area (Å²) in [7, 11) is 0. The van der Waals surface area contributed by atoms with E-state index in [1.807, 2.05) is 47.9 Å². The van der Waals surface area contributed by atoms with Crippen molar-refractivity contribution in [1.82, 2.24) is 14.8 Å². The van der Waals surface area contributed by atoms with Crippen LogP contribution in [0.15, 0.2) is 90.1 Å². The second-order valence-electron chi connectivity index (χ2n) is 7.18. The predicted octanol–water partition coefficient (Wildman–Crippen LogP) is 6.07. The maximum atomic E-state index is 13.3. The fourth-order valence-corrected chi connectivity index (χ4v) is 4.38. The fourth-order valence-electron chi connectivity index (χ4n) is 3.28. The number of aryl methyl sites for hydroxylation is 1. The molecule has 1 amide bonds. The highest BCUT2D eigenvalue weighted by atomic mass is 32.2. The van der Waals surface area contributed by atoms with Gasteiger partial charge in [-0.15, -0.1) is 10.2 Å². The number of hydrogen-bond acceptors (Lipinski definition) is 4. The van der Waals surface area contributed by atoms with Crippen molar-refractivity contribution in [2.45, 2.75) is 23.5 Å². The van der Waals surface area contributed by atoms with Gasteiger partial charge in [0, 0.05) is 11.4 Å². The molecule has 0 radical (unpaired) electrons. The van der Waals surface area contributed by atoms with Gasteiger partial charge in [0.25, 0.3) is 0 Å². The van der Waals surface area contributed by atoms with E-state index in [4.69, 9.17) is 0 Å². The Bertz CT molecular complexity index is 1240. The molecule has 3 aromatic carbocycles. The average Bonchev–Trinajstić information content (AvgIpc) is 3.18. The normalized spacial score (nSPS) is 12.4. The summed E-state index contributed by atoms with van der Waals surface area (Å²) >= 11 is 1.18. The first-order valence-corrected chi connectivity index (χ1v) is 10.9. The van der Waals surface area contributed by atoms with Gasteiger partial charge in [-0.25, -0.2) is 0 Å². The summed E-state index contributed by atoms with van der Waals surface area (Å²) in [6, 6.07) is 23.1. The lowest BCUT2D eigenvalue weighted by atomic mass is 10.1. The van der Waals surface area contributed by atoms with E-state index in [0.717, 1.165) is 17.8 Å². The van der Waals surface area contributed by atoms with Crippen molar-refractivity contribution in [2.24, 2.45) is 0 Å². The van der Waals surface area contributed by atoms with Gasteiger partial charge < -0.3 is 5.32 Å². The zero-order valence-corrected chi connectivity index (χ0v) is 18.3. The smallest absolute Gasteiger partial charge is 0.325 e. The average molecular weight is 469 g/mol. The van der Waals surface area contributed by atoms with Crippen molar-refractivity contribution >= 4 is 23.4 Å². The van der Waals surface area contributed by atoms with E-state index in [-0.39, 0.29) is 5.69 Å². The van der Waals surface area contributed by atoms with Crippen LogP contribution in [0.4, 0.5) is 18.9 Å². The summed E-state index contributed by atoms with van der Waals surface area (Å²) in [5, 5.41) is 10.7. The van der Waals surface area contributed by atoms with Crippen molar-refractivity contribution in [3.8, 4) is 5.69 Å². The Morgan fingerprint density at radius 3 is 2.27 bits per heavy atom. The fraction of sp³-hybridized carbons (Fsp3) is 0.125. The second-order valence-corrected chi connectivity index (χ2v) is 8.25. The number of carbonyl (C=O) groups is 1. The molecule has 1 atom stereocenters.